The molecule has 1 unspecified atom stereocenters. The molecule has 3 N–H and O–H groups in total. The molecule has 1 aromatic heterocycles. The third kappa shape index (κ3) is 4.45. The number of hydrogen-bond donors (Lipinski definition) is 2. The maximum absolute atomic E-state index is 12.4. The summed E-state index contributed by atoms with van der Waals surface area (Å²) in [5.41, 5.74) is 4.80. The van der Waals surface area contributed by atoms with Gasteiger partial charge in [-0.3, -0.25) is 4.79 Å². The molecule has 0 amide bonds. The fraction of sp³-hybridized carbons (Fsp3) is 0.643. The first-order chi connectivity index (χ1) is 9.47. The minimum absolute atomic E-state index is 0.0913. The van der Waals surface area contributed by atoms with Crippen molar-refractivity contribution in [1.29, 1.82) is 0 Å². The zero-order valence-corrected chi connectivity index (χ0v) is 12.4. The van der Waals surface area contributed by atoms with E-state index in [1.54, 1.807) is 0 Å². The number of aromatic nitrogens is 2. The standard InChI is InChI=1S/C14H24N4O2/c1-4-5-6-8-16-12(10(2)3)13(19)18-9-7-11(15)17-14(18)20/h7,9-10,12,16H,4-6,8H2,1-3H3,(H2,15,17,20). The van der Waals surface area contributed by atoms with Gasteiger partial charge in [0.05, 0.1) is 6.04 Å². The molecule has 0 aliphatic carbocycles. The van der Waals surface area contributed by atoms with Gasteiger partial charge in [-0.25, -0.2) is 9.36 Å². The number of nitrogens with zero attached hydrogens (tertiary/aromatic N) is 2. The van der Waals surface area contributed by atoms with Crippen molar-refractivity contribution in [3.63, 3.8) is 0 Å². The smallest absolute Gasteiger partial charge is 0.356 e. The van der Waals surface area contributed by atoms with Crippen LogP contribution in [0.1, 0.15) is 44.8 Å². The molecule has 0 radical (unpaired) electrons. The van der Waals surface area contributed by atoms with Crippen LogP contribution in [0.25, 0.3) is 0 Å². The van der Waals surface area contributed by atoms with Crippen LogP contribution in [0.2, 0.25) is 0 Å². The summed E-state index contributed by atoms with van der Waals surface area (Å²) in [5, 5.41) is 3.23. The summed E-state index contributed by atoms with van der Waals surface area (Å²) in [4.78, 5) is 27.7. The molecule has 0 saturated carbocycles. The van der Waals surface area contributed by atoms with Gasteiger partial charge in [0.15, 0.2) is 0 Å². The van der Waals surface area contributed by atoms with E-state index in [0.717, 1.165) is 30.4 Å². The average molecular weight is 280 g/mol. The summed E-state index contributed by atoms with van der Waals surface area (Å²) < 4.78 is 1.02. The molecule has 1 heterocycles. The highest BCUT2D eigenvalue weighted by Gasteiger charge is 2.23. The second-order valence-corrected chi connectivity index (χ2v) is 5.23. The zero-order chi connectivity index (χ0) is 15.1. The Morgan fingerprint density at radius 1 is 1.45 bits per heavy atom. The Morgan fingerprint density at radius 2 is 2.15 bits per heavy atom. The van der Waals surface area contributed by atoms with E-state index < -0.39 is 11.7 Å². The fourth-order valence-electron chi connectivity index (χ4n) is 1.97. The molecule has 0 saturated heterocycles. The van der Waals surface area contributed by atoms with Gasteiger partial charge in [0, 0.05) is 6.20 Å². The monoisotopic (exact) mass is 280 g/mol. The lowest BCUT2D eigenvalue weighted by molar-refractivity contribution is 0.0825. The first-order valence-corrected chi connectivity index (χ1v) is 7.10. The third-order valence-corrected chi connectivity index (χ3v) is 3.14. The van der Waals surface area contributed by atoms with Crippen LogP contribution in [0.15, 0.2) is 17.1 Å². The number of nitrogens with one attached hydrogen (secondary N) is 1. The predicted molar refractivity (Wildman–Crippen MR) is 79.7 cm³/mol. The van der Waals surface area contributed by atoms with Crippen LogP contribution in [0.3, 0.4) is 0 Å². The first-order valence-electron chi connectivity index (χ1n) is 7.10. The Kier molecular flexibility index (Phi) is 6.38. The zero-order valence-electron chi connectivity index (χ0n) is 12.4. The highest BCUT2D eigenvalue weighted by Crippen LogP contribution is 2.05. The number of rotatable bonds is 7. The normalized spacial score (nSPS) is 12.6. The Hall–Kier alpha value is -1.69. The SMILES string of the molecule is CCCCCNC(C(=O)n1ccc(N)nc1=O)C(C)C. The summed E-state index contributed by atoms with van der Waals surface area (Å²) in [6, 6.07) is 1.06. The Bertz CT molecular complexity index is 496. The average Bonchev–Trinajstić information content (AvgIpc) is 2.37. The van der Waals surface area contributed by atoms with Crippen molar-refractivity contribution in [3.05, 3.63) is 22.7 Å². The Balaban J connectivity index is 2.80. The molecular formula is C14H24N4O2. The molecule has 0 spiro atoms. The van der Waals surface area contributed by atoms with Crippen LogP contribution >= 0.6 is 0 Å². The predicted octanol–water partition coefficient (Wildman–Crippen LogP) is 1.27. The fourth-order valence-corrected chi connectivity index (χ4v) is 1.97. The van der Waals surface area contributed by atoms with Crippen molar-refractivity contribution in [2.24, 2.45) is 5.92 Å². The third-order valence-electron chi connectivity index (χ3n) is 3.14. The minimum Gasteiger partial charge on any atom is -0.383 e. The van der Waals surface area contributed by atoms with Gasteiger partial charge in [-0.15, -0.1) is 0 Å². The highest BCUT2D eigenvalue weighted by molar-refractivity contribution is 5.84. The van der Waals surface area contributed by atoms with Gasteiger partial charge >= 0.3 is 5.69 Å². The Morgan fingerprint density at radius 3 is 2.70 bits per heavy atom. The lowest BCUT2D eigenvalue weighted by atomic mass is 10.0. The topological polar surface area (TPSA) is 90.0 Å². The van der Waals surface area contributed by atoms with Crippen molar-refractivity contribution in [1.82, 2.24) is 14.9 Å². The van der Waals surface area contributed by atoms with E-state index in [2.05, 4.69) is 17.2 Å². The van der Waals surface area contributed by atoms with E-state index in [0.29, 0.717) is 0 Å². The molecule has 0 aliphatic rings. The number of hydrogen-bond acceptors (Lipinski definition) is 5. The van der Waals surface area contributed by atoms with Crippen LogP contribution in [0, 0.1) is 5.92 Å². The van der Waals surface area contributed by atoms with Gasteiger partial charge in [-0.2, -0.15) is 4.98 Å². The summed E-state index contributed by atoms with van der Waals surface area (Å²) >= 11 is 0. The van der Waals surface area contributed by atoms with Crippen molar-refractivity contribution in [2.45, 2.75) is 46.1 Å². The number of nitrogen functional groups attached to an aromatic ring is 1. The molecule has 0 aliphatic heterocycles. The number of carbonyl (C=O) groups is 1. The van der Waals surface area contributed by atoms with E-state index in [-0.39, 0.29) is 17.6 Å². The summed E-state index contributed by atoms with van der Waals surface area (Å²) in [5.74, 6) is -0.0707. The molecule has 1 rings (SSSR count). The molecule has 0 bridgehead atoms. The van der Waals surface area contributed by atoms with Gasteiger partial charge in [0.2, 0.25) is 0 Å². The number of nitrogens with two attached hydrogens (primary N) is 1. The number of unbranched alkanes of at least 4 members (excludes halogenated alkanes) is 2. The van der Waals surface area contributed by atoms with Crippen LogP contribution in [0.5, 0.6) is 0 Å². The molecule has 20 heavy (non-hydrogen) atoms. The van der Waals surface area contributed by atoms with Crippen molar-refractivity contribution < 1.29 is 4.79 Å². The molecule has 6 heteroatoms. The Labute approximate surface area is 119 Å². The summed E-state index contributed by atoms with van der Waals surface area (Å²) in [7, 11) is 0. The molecule has 0 fully saturated rings. The van der Waals surface area contributed by atoms with Crippen LogP contribution in [-0.4, -0.2) is 28.0 Å². The van der Waals surface area contributed by atoms with E-state index in [9.17, 15) is 9.59 Å². The second kappa shape index (κ2) is 7.79. The minimum atomic E-state index is -0.629. The van der Waals surface area contributed by atoms with Crippen molar-refractivity contribution in [2.75, 3.05) is 12.3 Å². The number of anilines is 1. The van der Waals surface area contributed by atoms with E-state index in [1.807, 2.05) is 13.8 Å². The lowest BCUT2D eigenvalue weighted by Gasteiger charge is -2.21. The van der Waals surface area contributed by atoms with Crippen LogP contribution in [-0.2, 0) is 0 Å². The second-order valence-electron chi connectivity index (χ2n) is 5.23. The lowest BCUT2D eigenvalue weighted by Crippen LogP contribution is -2.47. The summed E-state index contributed by atoms with van der Waals surface area (Å²) in [6.07, 6.45) is 4.65. The van der Waals surface area contributed by atoms with Gasteiger partial charge in [0.1, 0.15) is 5.82 Å². The number of carbonyl (C=O) groups excluding carboxylic acids is 1. The van der Waals surface area contributed by atoms with Crippen LogP contribution in [0.4, 0.5) is 5.82 Å². The molecular weight excluding hydrogens is 256 g/mol. The van der Waals surface area contributed by atoms with Crippen molar-refractivity contribution >= 4 is 11.7 Å². The van der Waals surface area contributed by atoms with Gasteiger partial charge in [-0.05, 0) is 24.9 Å². The van der Waals surface area contributed by atoms with Crippen LogP contribution < -0.4 is 16.7 Å². The van der Waals surface area contributed by atoms with E-state index in [1.165, 1.54) is 12.3 Å². The highest BCUT2D eigenvalue weighted by atomic mass is 16.2. The van der Waals surface area contributed by atoms with Gasteiger partial charge in [0.25, 0.3) is 5.91 Å². The van der Waals surface area contributed by atoms with E-state index >= 15 is 0 Å². The first kappa shape index (κ1) is 16.4. The van der Waals surface area contributed by atoms with Gasteiger partial charge in [-0.1, -0.05) is 33.6 Å². The van der Waals surface area contributed by atoms with Crippen molar-refractivity contribution in [3.8, 4) is 0 Å². The molecule has 1 atom stereocenters. The molecule has 6 nitrogen and oxygen atoms in total. The quantitative estimate of drug-likeness (QED) is 0.734. The summed E-state index contributed by atoms with van der Waals surface area (Å²) in [6.45, 7) is 6.79. The molecule has 112 valence electrons. The maximum Gasteiger partial charge on any atom is 0.356 e. The molecule has 0 aromatic carbocycles. The molecule has 1 aromatic rings. The largest absolute Gasteiger partial charge is 0.383 e. The van der Waals surface area contributed by atoms with E-state index in [4.69, 9.17) is 5.73 Å². The van der Waals surface area contributed by atoms with Gasteiger partial charge < -0.3 is 11.1 Å². The maximum atomic E-state index is 12.4.